The predicted molar refractivity (Wildman–Crippen MR) is 89.3 cm³/mol. The number of hydrogen-bond donors (Lipinski definition) is 2. The minimum absolute atomic E-state index is 0.760. The number of anilines is 3. The van der Waals surface area contributed by atoms with Gasteiger partial charge in [-0.3, -0.25) is 0 Å². The number of rotatable bonds is 7. The average Bonchev–Trinajstić information content (AvgIpc) is 2.46. The molecule has 0 amide bonds. The second-order valence-corrected chi connectivity index (χ2v) is 5.14. The van der Waals surface area contributed by atoms with Crippen LogP contribution >= 0.6 is 0 Å². The lowest BCUT2D eigenvalue weighted by atomic mass is 10.1. The molecular weight excluding hydrogens is 260 g/mol. The smallest absolute Gasteiger partial charge is 0.136 e. The predicted octanol–water partition coefficient (Wildman–Crippen LogP) is 4.30. The maximum absolute atomic E-state index is 4.42. The van der Waals surface area contributed by atoms with E-state index >= 15 is 0 Å². The van der Waals surface area contributed by atoms with Gasteiger partial charge in [0.2, 0.25) is 0 Å². The summed E-state index contributed by atoms with van der Waals surface area (Å²) in [6, 6.07) is 10.5. The molecule has 1 aromatic heterocycles. The highest BCUT2D eigenvalue weighted by molar-refractivity contribution is 5.59. The topological polar surface area (TPSA) is 49.8 Å². The van der Waals surface area contributed by atoms with Gasteiger partial charge in [0.25, 0.3) is 0 Å². The van der Waals surface area contributed by atoms with E-state index in [4.69, 9.17) is 0 Å². The zero-order valence-electron chi connectivity index (χ0n) is 13.1. The molecule has 4 nitrogen and oxygen atoms in total. The Kier molecular flexibility index (Phi) is 5.55. The Morgan fingerprint density at radius 2 is 1.71 bits per heavy atom. The van der Waals surface area contributed by atoms with E-state index in [1.165, 1.54) is 18.4 Å². The third-order valence-corrected chi connectivity index (χ3v) is 3.24. The van der Waals surface area contributed by atoms with Crippen LogP contribution in [0.5, 0.6) is 0 Å². The van der Waals surface area contributed by atoms with Crippen LogP contribution in [0.15, 0.2) is 30.3 Å². The summed E-state index contributed by atoms with van der Waals surface area (Å²) >= 11 is 0. The summed E-state index contributed by atoms with van der Waals surface area (Å²) in [5.74, 6) is 2.43. The van der Waals surface area contributed by atoms with Gasteiger partial charge < -0.3 is 10.6 Å². The number of aryl methyl sites for hydroxylation is 2. The van der Waals surface area contributed by atoms with Crippen LogP contribution in [0.4, 0.5) is 17.3 Å². The maximum Gasteiger partial charge on any atom is 0.136 e. The van der Waals surface area contributed by atoms with E-state index < -0.39 is 0 Å². The first kappa shape index (κ1) is 15.3. The number of nitrogens with one attached hydrogen (secondary N) is 2. The lowest BCUT2D eigenvalue weighted by Gasteiger charge is -2.10. The number of unbranched alkanes of at least 4 members (excludes halogenated alkanes) is 1. The summed E-state index contributed by atoms with van der Waals surface area (Å²) in [6.07, 6.45) is 3.62. The van der Waals surface area contributed by atoms with Gasteiger partial charge in [-0.2, -0.15) is 0 Å². The van der Waals surface area contributed by atoms with Crippen molar-refractivity contribution in [3.8, 4) is 0 Å². The molecule has 0 saturated carbocycles. The highest BCUT2D eigenvalue weighted by Gasteiger charge is 2.02. The van der Waals surface area contributed by atoms with E-state index in [0.717, 1.165) is 36.1 Å². The SMILES string of the molecule is CCCCc1ccc(Nc2cc(NCC)nc(C)n2)cc1. The molecule has 2 aromatic rings. The van der Waals surface area contributed by atoms with Gasteiger partial charge in [0.1, 0.15) is 17.5 Å². The van der Waals surface area contributed by atoms with E-state index in [2.05, 4.69) is 58.7 Å². The van der Waals surface area contributed by atoms with E-state index in [-0.39, 0.29) is 0 Å². The molecule has 21 heavy (non-hydrogen) atoms. The van der Waals surface area contributed by atoms with Crippen molar-refractivity contribution >= 4 is 17.3 Å². The van der Waals surface area contributed by atoms with Gasteiger partial charge in [0.15, 0.2) is 0 Å². The van der Waals surface area contributed by atoms with Crippen LogP contribution in [0.2, 0.25) is 0 Å². The average molecular weight is 284 g/mol. The van der Waals surface area contributed by atoms with Crippen LogP contribution in [0.3, 0.4) is 0 Å². The van der Waals surface area contributed by atoms with Crippen molar-refractivity contribution in [2.45, 2.75) is 40.0 Å². The summed E-state index contributed by atoms with van der Waals surface area (Å²) in [5, 5.41) is 6.55. The van der Waals surface area contributed by atoms with Crippen LogP contribution < -0.4 is 10.6 Å². The Morgan fingerprint density at radius 3 is 2.38 bits per heavy atom. The fraction of sp³-hybridized carbons (Fsp3) is 0.412. The fourth-order valence-corrected chi connectivity index (χ4v) is 2.19. The van der Waals surface area contributed by atoms with E-state index in [1.54, 1.807) is 0 Å². The quantitative estimate of drug-likeness (QED) is 0.795. The highest BCUT2D eigenvalue weighted by atomic mass is 15.1. The normalized spacial score (nSPS) is 10.4. The fourth-order valence-electron chi connectivity index (χ4n) is 2.19. The minimum Gasteiger partial charge on any atom is -0.370 e. The van der Waals surface area contributed by atoms with Gasteiger partial charge in [0, 0.05) is 18.3 Å². The second kappa shape index (κ2) is 7.62. The molecule has 0 radical (unpaired) electrons. The van der Waals surface area contributed by atoms with Crippen LogP contribution in [0.25, 0.3) is 0 Å². The third-order valence-electron chi connectivity index (χ3n) is 3.24. The Balaban J connectivity index is 2.07. The molecule has 0 aliphatic heterocycles. The molecule has 0 fully saturated rings. The molecule has 112 valence electrons. The summed E-state index contributed by atoms with van der Waals surface area (Å²) in [5.41, 5.74) is 2.44. The molecule has 0 aliphatic carbocycles. The van der Waals surface area contributed by atoms with Crippen molar-refractivity contribution in [1.29, 1.82) is 0 Å². The second-order valence-electron chi connectivity index (χ2n) is 5.14. The summed E-state index contributed by atoms with van der Waals surface area (Å²) in [6.45, 7) is 7.02. The zero-order chi connectivity index (χ0) is 15.1. The Labute approximate surface area is 127 Å². The molecular formula is C17H24N4. The standard InChI is InChI=1S/C17H24N4/c1-4-6-7-14-8-10-15(11-9-14)21-17-12-16(18-5-2)19-13(3)20-17/h8-12H,4-7H2,1-3H3,(H2,18,19,20,21). The van der Waals surface area contributed by atoms with Gasteiger partial charge in [-0.05, 0) is 44.4 Å². The van der Waals surface area contributed by atoms with Crippen LogP contribution in [-0.4, -0.2) is 16.5 Å². The van der Waals surface area contributed by atoms with Crippen molar-refractivity contribution in [1.82, 2.24) is 9.97 Å². The number of nitrogens with zero attached hydrogens (tertiary/aromatic N) is 2. The van der Waals surface area contributed by atoms with Gasteiger partial charge >= 0.3 is 0 Å². The van der Waals surface area contributed by atoms with Gasteiger partial charge in [0.05, 0.1) is 0 Å². The van der Waals surface area contributed by atoms with Crippen molar-refractivity contribution in [2.75, 3.05) is 17.2 Å². The minimum atomic E-state index is 0.760. The molecule has 0 saturated heterocycles. The van der Waals surface area contributed by atoms with Gasteiger partial charge in [-0.15, -0.1) is 0 Å². The number of benzene rings is 1. The molecule has 1 heterocycles. The Hall–Kier alpha value is -2.10. The largest absolute Gasteiger partial charge is 0.370 e. The van der Waals surface area contributed by atoms with Crippen molar-refractivity contribution in [3.63, 3.8) is 0 Å². The maximum atomic E-state index is 4.42. The zero-order valence-corrected chi connectivity index (χ0v) is 13.1. The van der Waals surface area contributed by atoms with E-state index in [9.17, 15) is 0 Å². The molecule has 0 spiro atoms. The summed E-state index contributed by atoms with van der Waals surface area (Å²) in [7, 11) is 0. The Morgan fingerprint density at radius 1 is 1.00 bits per heavy atom. The third kappa shape index (κ3) is 4.74. The van der Waals surface area contributed by atoms with Crippen molar-refractivity contribution in [2.24, 2.45) is 0 Å². The molecule has 1 aromatic carbocycles. The number of aromatic nitrogens is 2. The van der Waals surface area contributed by atoms with Gasteiger partial charge in [-0.25, -0.2) is 9.97 Å². The first-order chi connectivity index (χ1) is 10.2. The highest BCUT2D eigenvalue weighted by Crippen LogP contribution is 2.18. The van der Waals surface area contributed by atoms with Crippen LogP contribution in [0, 0.1) is 6.92 Å². The first-order valence-corrected chi connectivity index (χ1v) is 7.66. The first-order valence-electron chi connectivity index (χ1n) is 7.66. The molecule has 0 aliphatic rings. The molecule has 2 rings (SSSR count). The van der Waals surface area contributed by atoms with Crippen molar-refractivity contribution < 1.29 is 0 Å². The van der Waals surface area contributed by atoms with Crippen molar-refractivity contribution in [3.05, 3.63) is 41.7 Å². The molecule has 2 N–H and O–H groups in total. The lowest BCUT2D eigenvalue weighted by molar-refractivity contribution is 0.795. The molecule has 0 unspecified atom stereocenters. The molecule has 0 bridgehead atoms. The number of hydrogen-bond acceptors (Lipinski definition) is 4. The van der Waals surface area contributed by atoms with Crippen LogP contribution in [-0.2, 0) is 6.42 Å². The lowest BCUT2D eigenvalue weighted by Crippen LogP contribution is -2.04. The molecule has 0 atom stereocenters. The molecule has 4 heteroatoms. The summed E-state index contributed by atoms with van der Waals surface area (Å²) < 4.78 is 0. The summed E-state index contributed by atoms with van der Waals surface area (Å²) in [4.78, 5) is 8.77. The van der Waals surface area contributed by atoms with Crippen LogP contribution in [0.1, 0.15) is 38.1 Å². The van der Waals surface area contributed by atoms with Gasteiger partial charge in [-0.1, -0.05) is 25.5 Å². The van der Waals surface area contributed by atoms with E-state index in [0.29, 0.717) is 0 Å². The van der Waals surface area contributed by atoms with E-state index in [1.807, 2.05) is 13.0 Å². The Bertz CT molecular complexity index is 564. The monoisotopic (exact) mass is 284 g/mol.